The molecule has 0 aromatic heterocycles. The number of carbonyl (C=O) groups excluding carboxylic acids is 1. The van der Waals surface area contributed by atoms with Crippen LogP contribution in [0, 0.1) is 10.1 Å². The number of rotatable bonds is 4. The van der Waals surface area contributed by atoms with E-state index in [1.807, 2.05) is 0 Å². The molecular formula is C13H9N5O3S. The van der Waals surface area contributed by atoms with E-state index in [1.54, 1.807) is 0 Å². The number of ketones is 1. The Morgan fingerprint density at radius 1 is 1.23 bits per heavy atom. The highest BCUT2D eigenvalue weighted by atomic mass is 32.2. The summed E-state index contributed by atoms with van der Waals surface area (Å²) in [6.07, 6.45) is 2.82. The highest BCUT2D eigenvalue weighted by molar-refractivity contribution is 8.14. The van der Waals surface area contributed by atoms with Crippen molar-refractivity contribution >= 4 is 46.8 Å². The molecule has 0 spiro atoms. The Balaban J connectivity index is 1.64. The number of non-ortho nitro benzene ring substituents is 1. The van der Waals surface area contributed by atoms with Gasteiger partial charge in [-0.1, -0.05) is 11.8 Å². The van der Waals surface area contributed by atoms with Crippen LogP contribution >= 0.6 is 11.8 Å². The van der Waals surface area contributed by atoms with Crippen LogP contribution in [0.5, 0.6) is 0 Å². The first-order chi connectivity index (χ1) is 10.6. The summed E-state index contributed by atoms with van der Waals surface area (Å²) in [5, 5.41) is 11.2. The van der Waals surface area contributed by atoms with Gasteiger partial charge in [-0.05, 0) is 12.1 Å². The van der Waals surface area contributed by atoms with E-state index in [-0.39, 0.29) is 23.3 Å². The van der Waals surface area contributed by atoms with Crippen molar-refractivity contribution < 1.29 is 9.72 Å². The van der Waals surface area contributed by atoms with Crippen LogP contribution in [-0.2, 0) is 0 Å². The average Bonchev–Trinajstić information content (AvgIpc) is 3.01. The first kappa shape index (κ1) is 14.3. The number of Topliss-reactive ketones (excluding diaryl/α,β-unsaturated/α-hetero) is 1. The molecule has 0 N–H and O–H groups in total. The van der Waals surface area contributed by atoms with Gasteiger partial charge in [-0.3, -0.25) is 19.9 Å². The molecule has 1 aromatic rings. The summed E-state index contributed by atoms with van der Waals surface area (Å²) in [5.41, 5.74) is 0.380. The van der Waals surface area contributed by atoms with Crippen molar-refractivity contribution in [2.45, 2.75) is 6.04 Å². The number of nitro benzene ring substituents is 1. The third kappa shape index (κ3) is 2.84. The molecule has 0 amide bonds. The molecule has 8 nitrogen and oxygen atoms in total. The molecule has 1 aromatic carbocycles. The van der Waals surface area contributed by atoms with Crippen LogP contribution in [0.2, 0.25) is 0 Å². The van der Waals surface area contributed by atoms with Crippen LogP contribution < -0.4 is 0 Å². The number of nitrogens with zero attached hydrogens (tertiary/aromatic N) is 5. The highest BCUT2D eigenvalue weighted by Gasteiger charge is 2.27. The molecule has 0 radical (unpaired) electrons. The summed E-state index contributed by atoms with van der Waals surface area (Å²) < 4.78 is 0. The van der Waals surface area contributed by atoms with Gasteiger partial charge in [0.1, 0.15) is 17.7 Å². The van der Waals surface area contributed by atoms with Crippen LogP contribution in [-0.4, -0.2) is 46.1 Å². The fourth-order valence-corrected chi connectivity index (χ4v) is 2.79. The molecule has 2 heterocycles. The first-order valence-corrected chi connectivity index (χ1v) is 7.24. The van der Waals surface area contributed by atoms with Gasteiger partial charge in [0.2, 0.25) is 0 Å². The Labute approximate surface area is 128 Å². The Kier molecular flexibility index (Phi) is 3.88. The molecule has 22 heavy (non-hydrogen) atoms. The van der Waals surface area contributed by atoms with Gasteiger partial charge in [0.05, 0.1) is 10.7 Å². The summed E-state index contributed by atoms with van der Waals surface area (Å²) >= 11 is 1.27. The summed E-state index contributed by atoms with van der Waals surface area (Å²) in [6.45, 7) is 0. The van der Waals surface area contributed by atoms with Gasteiger partial charge in [-0.15, -0.1) is 0 Å². The number of fused-ring (bicyclic) bond motifs is 1. The van der Waals surface area contributed by atoms with Gasteiger partial charge < -0.3 is 0 Å². The minimum absolute atomic E-state index is 0.0433. The maximum absolute atomic E-state index is 12.1. The van der Waals surface area contributed by atoms with Gasteiger partial charge in [0, 0.05) is 17.7 Å². The number of amidine groups is 1. The third-order valence-corrected chi connectivity index (χ3v) is 4.04. The quantitative estimate of drug-likeness (QED) is 0.479. The zero-order valence-corrected chi connectivity index (χ0v) is 11.9. The van der Waals surface area contributed by atoms with Crippen LogP contribution in [0.4, 0.5) is 5.69 Å². The maximum Gasteiger partial charge on any atom is 0.269 e. The van der Waals surface area contributed by atoms with Crippen LogP contribution in [0.3, 0.4) is 0 Å². The molecule has 0 saturated heterocycles. The average molecular weight is 315 g/mol. The normalized spacial score (nSPS) is 18.6. The molecule has 2 aliphatic rings. The number of hydrogen-bond donors (Lipinski definition) is 0. The Morgan fingerprint density at radius 2 is 2.00 bits per heavy atom. The van der Waals surface area contributed by atoms with Crippen LogP contribution in [0.1, 0.15) is 10.4 Å². The largest absolute Gasteiger partial charge is 0.293 e. The number of benzene rings is 1. The van der Waals surface area contributed by atoms with E-state index in [0.717, 1.165) is 0 Å². The third-order valence-electron chi connectivity index (χ3n) is 3.01. The number of thioether (sulfide) groups is 1. The van der Waals surface area contributed by atoms with Crippen molar-refractivity contribution in [3.63, 3.8) is 0 Å². The van der Waals surface area contributed by atoms with Gasteiger partial charge in [-0.2, -0.15) is 0 Å². The number of hydrogen-bond acceptors (Lipinski definition) is 8. The summed E-state index contributed by atoms with van der Waals surface area (Å²) in [4.78, 5) is 38.5. The van der Waals surface area contributed by atoms with Crippen molar-refractivity contribution in [1.29, 1.82) is 0 Å². The monoisotopic (exact) mass is 315 g/mol. The lowest BCUT2D eigenvalue weighted by Gasteiger charge is -2.12. The number of carbonyl (C=O) groups is 1. The molecule has 1 atom stereocenters. The lowest BCUT2D eigenvalue weighted by Crippen LogP contribution is -2.26. The lowest BCUT2D eigenvalue weighted by atomic mass is 10.1. The van der Waals surface area contributed by atoms with E-state index in [2.05, 4.69) is 20.0 Å². The van der Waals surface area contributed by atoms with Gasteiger partial charge in [-0.25, -0.2) is 15.0 Å². The van der Waals surface area contributed by atoms with E-state index in [1.165, 1.54) is 48.7 Å². The van der Waals surface area contributed by atoms with E-state index >= 15 is 0 Å². The first-order valence-electron chi connectivity index (χ1n) is 6.25. The summed E-state index contributed by atoms with van der Waals surface area (Å²) in [5.74, 6) is 0.606. The van der Waals surface area contributed by atoms with E-state index in [4.69, 9.17) is 0 Å². The number of nitro groups is 1. The molecular weight excluding hydrogens is 306 g/mol. The standard InChI is InChI=1S/C13H9N5O3S/c19-10(8-1-3-9(4-2-8)18(20)21)5-22-13-11-12(15-6-14-11)16-7-17-13/h1-4,6-7,11H,5H2. The second-order valence-corrected chi connectivity index (χ2v) is 5.38. The molecule has 1 unspecified atom stereocenters. The molecule has 9 heteroatoms. The van der Waals surface area contributed by atoms with Gasteiger partial charge in [0.25, 0.3) is 5.69 Å². The predicted molar refractivity (Wildman–Crippen MR) is 85.5 cm³/mol. The maximum atomic E-state index is 12.1. The van der Waals surface area contributed by atoms with Crippen LogP contribution in [0.15, 0.2) is 44.2 Å². The van der Waals surface area contributed by atoms with Crippen LogP contribution in [0.25, 0.3) is 0 Å². The molecule has 2 aliphatic heterocycles. The number of aliphatic imine (C=N–C) groups is 4. The van der Waals surface area contributed by atoms with Crippen molar-refractivity contribution in [2.24, 2.45) is 20.0 Å². The Hall–Kier alpha value is -2.68. The second kappa shape index (κ2) is 5.98. The fraction of sp³-hybridized carbons (Fsp3) is 0.154. The second-order valence-electron chi connectivity index (χ2n) is 4.38. The van der Waals surface area contributed by atoms with E-state index in [9.17, 15) is 14.9 Å². The van der Waals surface area contributed by atoms with E-state index < -0.39 is 4.92 Å². The van der Waals surface area contributed by atoms with Gasteiger partial charge >= 0.3 is 0 Å². The molecule has 3 rings (SSSR count). The highest BCUT2D eigenvalue weighted by Crippen LogP contribution is 2.20. The zero-order valence-electron chi connectivity index (χ0n) is 11.1. The summed E-state index contributed by atoms with van der Waals surface area (Å²) in [7, 11) is 0. The SMILES string of the molecule is O=C(CSC1=NC=NC2=NC=NC21)c1ccc([N+](=O)[O-])cc1. The van der Waals surface area contributed by atoms with Crippen molar-refractivity contribution in [1.82, 2.24) is 0 Å². The van der Waals surface area contributed by atoms with Crippen molar-refractivity contribution in [3.8, 4) is 0 Å². The van der Waals surface area contributed by atoms with Crippen molar-refractivity contribution in [3.05, 3.63) is 39.9 Å². The molecule has 0 aliphatic carbocycles. The zero-order chi connectivity index (χ0) is 15.5. The minimum Gasteiger partial charge on any atom is -0.293 e. The lowest BCUT2D eigenvalue weighted by molar-refractivity contribution is -0.384. The summed E-state index contributed by atoms with van der Waals surface area (Å²) in [6, 6.07) is 5.21. The Bertz CT molecular complexity index is 751. The van der Waals surface area contributed by atoms with Gasteiger partial charge in [0.15, 0.2) is 17.7 Å². The molecule has 0 bridgehead atoms. The Morgan fingerprint density at radius 3 is 2.73 bits per heavy atom. The molecule has 0 saturated carbocycles. The fourth-order valence-electron chi connectivity index (χ4n) is 1.90. The van der Waals surface area contributed by atoms with Crippen molar-refractivity contribution in [2.75, 3.05) is 5.75 Å². The van der Waals surface area contributed by atoms with E-state index in [0.29, 0.717) is 16.4 Å². The molecule has 110 valence electrons. The smallest absolute Gasteiger partial charge is 0.269 e. The topological polar surface area (TPSA) is 110 Å². The molecule has 0 fully saturated rings. The minimum atomic E-state index is -0.502. The predicted octanol–water partition coefficient (Wildman–Crippen LogP) is 1.76.